The van der Waals surface area contributed by atoms with E-state index in [1.807, 2.05) is 12.1 Å². The van der Waals surface area contributed by atoms with E-state index >= 15 is 0 Å². The van der Waals surface area contributed by atoms with Crippen molar-refractivity contribution in [3.8, 4) is 11.4 Å². The Morgan fingerprint density at radius 1 is 1.00 bits per heavy atom. The number of amides is 2. The average molecular weight is 420 g/mol. The minimum absolute atomic E-state index is 0.0620. The first kappa shape index (κ1) is 18.9. The van der Waals surface area contributed by atoms with Crippen LogP contribution in [0.4, 0.5) is 14.5 Å². The van der Waals surface area contributed by atoms with Crippen molar-refractivity contribution >= 4 is 28.5 Å². The van der Waals surface area contributed by atoms with E-state index in [0.29, 0.717) is 28.2 Å². The highest BCUT2D eigenvalue weighted by molar-refractivity contribution is 6.37. The highest BCUT2D eigenvalue weighted by Gasteiger charge is 2.40. The van der Waals surface area contributed by atoms with Gasteiger partial charge in [-0.05, 0) is 31.2 Å². The molecule has 4 aromatic rings. The molecule has 3 heterocycles. The molecule has 31 heavy (non-hydrogen) atoms. The molecule has 0 fully saturated rings. The van der Waals surface area contributed by atoms with Crippen LogP contribution in [0.25, 0.3) is 16.7 Å². The van der Waals surface area contributed by atoms with Crippen LogP contribution in [0.15, 0.2) is 48.7 Å². The fourth-order valence-electron chi connectivity index (χ4n) is 3.79. The lowest BCUT2D eigenvalue weighted by Gasteiger charge is -2.13. The van der Waals surface area contributed by atoms with Crippen molar-refractivity contribution in [2.75, 3.05) is 12.0 Å². The number of halogens is 2. The molecule has 9 heteroatoms. The molecule has 0 radical (unpaired) electrons. The van der Waals surface area contributed by atoms with Gasteiger partial charge in [-0.2, -0.15) is 5.10 Å². The second kappa shape index (κ2) is 6.69. The average Bonchev–Trinajstić information content (AvgIpc) is 3.24. The zero-order valence-electron chi connectivity index (χ0n) is 16.4. The van der Waals surface area contributed by atoms with Gasteiger partial charge in [-0.3, -0.25) is 9.59 Å². The number of hydrogen-bond donors (Lipinski definition) is 0. The van der Waals surface area contributed by atoms with Gasteiger partial charge in [0.2, 0.25) is 0 Å². The van der Waals surface area contributed by atoms with Gasteiger partial charge in [-0.15, -0.1) is 0 Å². The maximum Gasteiger partial charge on any atom is 0.267 e. The number of fused-ring (bicyclic) bond motifs is 3. The Bertz CT molecular complexity index is 1410. The topological polar surface area (TPSA) is 77.3 Å². The Hall–Kier alpha value is -4.14. The SMILES string of the molecule is COc1ccccc1-n1nc(C)c2c3c(cnc21)C(=O)N(c1ccc(F)c(F)c1)C3=O. The molecule has 154 valence electrons. The summed E-state index contributed by atoms with van der Waals surface area (Å²) < 4.78 is 34.0. The van der Waals surface area contributed by atoms with Crippen molar-refractivity contribution in [3.63, 3.8) is 0 Å². The van der Waals surface area contributed by atoms with Crippen molar-refractivity contribution < 1.29 is 23.1 Å². The molecule has 0 atom stereocenters. The van der Waals surface area contributed by atoms with Gasteiger partial charge in [0, 0.05) is 12.3 Å². The molecule has 2 amide bonds. The first-order chi connectivity index (χ1) is 14.9. The van der Waals surface area contributed by atoms with Gasteiger partial charge in [0.05, 0.1) is 35.0 Å². The van der Waals surface area contributed by atoms with Crippen LogP contribution in [0.1, 0.15) is 26.4 Å². The third-order valence-electron chi connectivity index (χ3n) is 5.20. The third-order valence-corrected chi connectivity index (χ3v) is 5.20. The van der Waals surface area contributed by atoms with Crippen molar-refractivity contribution in [1.29, 1.82) is 0 Å². The fourth-order valence-corrected chi connectivity index (χ4v) is 3.79. The summed E-state index contributed by atoms with van der Waals surface area (Å²) in [6.45, 7) is 1.70. The molecule has 1 aliphatic heterocycles. The van der Waals surface area contributed by atoms with E-state index < -0.39 is 23.4 Å². The number of para-hydroxylation sites is 2. The summed E-state index contributed by atoms with van der Waals surface area (Å²) in [7, 11) is 1.53. The number of imide groups is 1. The predicted octanol–water partition coefficient (Wildman–Crippen LogP) is 3.82. The minimum atomic E-state index is -1.16. The monoisotopic (exact) mass is 420 g/mol. The van der Waals surface area contributed by atoms with E-state index in [1.54, 1.807) is 23.7 Å². The molecule has 1 aliphatic rings. The second-order valence-corrected chi connectivity index (χ2v) is 6.96. The Kier molecular flexibility index (Phi) is 4.07. The van der Waals surface area contributed by atoms with Crippen LogP contribution in [-0.4, -0.2) is 33.7 Å². The molecular weight excluding hydrogens is 406 g/mol. The van der Waals surface area contributed by atoms with E-state index in [0.717, 1.165) is 17.0 Å². The molecule has 0 aliphatic carbocycles. The highest BCUT2D eigenvalue weighted by Crippen LogP contribution is 2.35. The largest absolute Gasteiger partial charge is 0.494 e. The molecule has 0 spiro atoms. The fraction of sp³-hybridized carbons (Fsp3) is 0.0909. The Morgan fingerprint density at radius 2 is 1.77 bits per heavy atom. The van der Waals surface area contributed by atoms with Crippen LogP contribution in [0, 0.1) is 18.6 Å². The van der Waals surface area contributed by atoms with Crippen LogP contribution in [-0.2, 0) is 0 Å². The van der Waals surface area contributed by atoms with Crippen LogP contribution in [0.5, 0.6) is 5.75 Å². The minimum Gasteiger partial charge on any atom is -0.494 e. The number of aromatic nitrogens is 3. The number of nitrogens with zero attached hydrogens (tertiary/aromatic N) is 4. The summed E-state index contributed by atoms with van der Waals surface area (Å²) in [5.41, 5.74) is 1.61. The van der Waals surface area contributed by atoms with Crippen LogP contribution < -0.4 is 9.64 Å². The summed E-state index contributed by atoms with van der Waals surface area (Å²) in [4.78, 5) is 31.4. The standard InChI is InChI=1S/C22H14F2N4O3/c1-11-18-19-13(21(29)27(22(19)30)12-7-8-14(23)15(24)9-12)10-25-20(18)28(26-11)16-5-3-4-6-17(16)31-2/h3-10H,1-2H3. The van der Waals surface area contributed by atoms with E-state index in [1.165, 1.54) is 19.4 Å². The second-order valence-electron chi connectivity index (χ2n) is 6.96. The molecule has 0 bridgehead atoms. The first-order valence-corrected chi connectivity index (χ1v) is 9.28. The third kappa shape index (κ3) is 2.63. The maximum atomic E-state index is 13.7. The Balaban J connectivity index is 1.72. The molecule has 5 rings (SSSR count). The number of carbonyl (C=O) groups excluding carboxylic acids is 2. The number of hydrogen-bond acceptors (Lipinski definition) is 5. The highest BCUT2D eigenvalue weighted by atomic mass is 19.2. The Labute approximate surface area is 174 Å². The van der Waals surface area contributed by atoms with Gasteiger partial charge in [0.1, 0.15) is 11.4 Å². The smallest absolute Gasteiger partial charge is 0.267 e. The molecule has 7 nitrogen and oxygen atoms in total. The molecule has 0 saturated carbocycles. The van der Waals surface area contributed by atoms with Crippen molar-refractivity contribution in [2.45, 2.75) is 6.92 Å². The zero-order chi connectivity index (χ0) is 21.9. The van der Waals surface area contributed by atoms with Gasteiger partial charge in [0.25, 0.3) is 11.8 Å². The predicted molar refractivity (Wildman–Crippen MR) is 108 cm³/mol. The van der Waals surface area contributed by atoms with Gasteiger partial charge >= 0.3 is 0 Å². The zero-order valence-corrected chi connectivity index (χ0v) is 16.4. The molecule has 2 aromatic carbocycles. The van der Waals surface area contributed by atoms with Gasteiger partial charge < -0.3 is 4.74 Å². The quantitative estimate of drug-likeness (QED) is 0.471. The summed E-state index contributed by atoms with van der Waals surface area (Å²) in [5.74, 6) is -2.98. The number of carbonyl (C=O) groups is 2. The lowest BCUT2D eigenvalue weighted by Crippen LogP contribution is -2.29. The normalized spacial score (nSPS) is 13.2. The first-order valence-electron chi connectivity index (χ1n) is 9.28. The molecule has 0 unspecified atom stereocenters. The van der Waals surface area contributed by atoms with Gasteiger partial charge in [0.15, 0.2) is 17.3 Å². The van der Waals surface area contributed by atoms with E-state index in [4.69, 9.17) is 4.74 Å². The van der Waals surface area contributed by atoms with Gasteiger partial charge in [-0.25, -0.2) is 23.3 Å². The molecule has 0 N–H and O–H groups in total. The lowest BCUT2D eigenvalue weighted by atomic mass is 10.1. The Morgan fingerprint density at radius 3 is 2.52 bits per heavy atom. The van der Waals surface area contributed by atoms with Gasteiger partial charge in [-0.1, -0.05) is 12.1 Å². The van der Waals surface area contributed by atoms with Crippen molar-refractivity contribution in [2.24, 2.45) is 0 Å². The number of rotatable bonds is 3. The number of benzene rings is 2. The summed E-state index contributed by atoms with van der Waals surface area (Å²) in [5, 5.41) is 4.92. The van der Waals surface area contributed by atoms with Crippen molar-refractivity contribution in [1.82, 2.24) is 14.8 Å². The lowest BCUT2D eigenvalue weighted by molar-refractivity contribution is 0.0926. The van der Waals surface area contributed by atoms with E-state index in [2.05, 4.69) is 10.1 Å². The molecule has 0 saturated heterocycles. The maximum absolute atomic E-state index is 13.7. The summed E-state index contributed by atoms with van der Waals surface area (Å²) in [6.07, 6.45) is 1.30. The summed E-state index contributed by atoms with van der Waals surface area (Å²) >= 11 is 0. The van der Waals surface area contributed by atoms with Crippen molar-refractivity contribution in [3.05, 3.63) is 77.1 Å². The van der Waals surface area contributed by atoms with E-state index in [9.17, 15) is 18.4 Å². The number of pyridine rings is 1. The number of aryl methyl sites for hydroxylation is 1. The molecular formula is C22H14F2N4O3. The van der Waals surface area contributed by atoms with Crippen LogP contribution in [0.2, 0.25) is 0 Å². The van der Waals surface area contributed by atoms with Crippen LogP contribution >= 0.6 is 0 Å². The number of methoxy groups -OCH3 is 1. The number of ether oxygens (including phenoxy) is 1. The van der Waals surface area contributed by atoms with Crippen LogP contribution in [0.3, 0.4) is 0 Å². The molecule has 2 aromatic heterocycles. The summed E-state index contributed by atoms with van der Waals surface area (Å²) in [6, 6.07) is 10.0. The van der Waals surface area contributed by atoms with E-state index in [-0.39, 0.29) is 16.8 Å². The number of anilines is 1.